The second-order valence-electron chi connectivity index (χ2n) is 8.35. The first-order valence-electron chi connectivity index (χ1n) is 10.4. The summed E-state index contributed by atoms with van der Waals surface area (Å²) in [6.07, 6.45) is 2.66. The number of carbonyl (C=O) groups excluding carboxylic acids is 1. The third-order valence-electron chi connectivity index (χ3n) is 5.14. The Morgan fingerprint density at radius 3 is 2.56 bits per heavy atom. The number of aromatic amines is 1. The normalized spacial score (nSPS) is 15.0. The van der Waals surface area contributed by atoms with E-state index in [0.29, 0.717) is 17.0 Å². The molecule has 0 aliphatic heterocycles. The Morgan fingerprint density at radius 1 is 1.22 bits per heavy atom. The average Bonchev–Trinajstić information content (AvgIpc) is 3.46. The maximum atomic E-state index is 12.7. The number of likely N-dealkylation sites (N-methyl/N-ethyl adjacent to an activating group) is 1. The van der Waals surface area contributed by atoms with E-state index in [9.17, 15) is 13.2 Å². The summed E-state index contributed by atoms with van der Waals surface area (Å²) in [6.45, 7) is 2.91. The fraction of sp³-hybridized carbons (Fsp3) is 0.364. The number of H-pyrrole nitrogens is 1. The molecule has 0 spiro atoms. The number of nitrogens with one attached hydrogen (secondary N) is 2. The van der Waals surface area contributed by atoms with Crippen molar-refractivity contribution in [3.63, 3.8) is 0 Å². The van der Waals surface area contributed by atoms with Gasteiger partial charge in [0.15, 0.2) is 0 Å². The van der Waals surface area contributed by atoms with Crippen molar-refractivity contribution in [3.05, 3.63) is 42.5 Å². The van der Waals surface area contributed by atoms with Gasteiger partial charge in [-0.3, -0.25) is 9.69 Å². The number of hydrogen-bond donors (Lipinski definition) is 2. The zero-order chi connectivity index (χ0) is 22.9. The molecule has 0 bridgehead atoms. The van der Waals surface area contributed by atoms with E-state index in [-0.39, 0.29) is 22.7 Å². The van der Waals surface area contributed by atoms with E-state index in [1.807, 2.05) is 14.1 Å². The molecule has 1 saturated carbocycles. The van der Waals surface area contributed by atoms with Crippen LogP contribution in [0.4, 0.5) is 11.6 Å². The first kappa shape index (κ1) is 22.1. The van der Waals surface area contributed by atoms with Gasteiger partial charge in [0.05, 0.1) is 11.0 Å². The molecule has 1 aliphatic rings. The van der Waals surface area contributed by atoms with E-state index in [0.717, 1.165) is 31.5 Å². The molecule has 0 saturated heterocycles. The van der Waals surface area contributed by atoms with Crippen molar-refractivity contribution in [3.8, 4) is 5.75 Å². The van der Waals surface area contributed by atoms with Crippen LogP contribution >= 0.6 is 0 Å². The number of fused-ring (bicyclic) bond motifs is 1. The molecule has 1 heterocycles. The van der Waals surface area contributed by atoms with Crippen LogP contribution in [-0.2, 0) is 14.9 Å². The molecular formula is C22H27N5O4S. The van der Waals surface area contributed by atoms with E-state index >= 15 is 0 Å². The van der Waals surface area contributed by atoms with Crippen LogP contribution in [0.1, 0.15) is 19.8 Å². The molecule has 0 radical (unpaired) electrons. The molecular weight excluding hydrogens is 430 g/mol. The van der Waals surface area contributed by atoms with Crippen LogP contribution < -0.4 is 14.4 Å². The van der Waals surface area contributed by atoms with Crippen molar-refractivity contribution in [1.29, 1.82) is 0 Å². The summed E-state index contributed by atoms with van der Waals surface area (Å²) in [6, 6.07) is 11.6. The average molecular weight is 458 g/mol. The van der Waals surface area contributed by atoms with E-state index < -0.39 is 10.1 Å². The second kappa shape index (κ2) is 8.79. The van der Waals surface area contributed by atoms with Crippen molar-refractivity contribution >= 4 is 39.2 Å². The van der Waals surface area contributed by atoms with Gasteiger partial charge in [0.25, 0.3) is 0 Å². The van der Waals surface area contributed by atoms with Gasteiger partial charge < -0.3 is 19.4 Å². The summed E-state index contributed by atoms with van der Waals surface area (Å²) in [7, 11) is -0.00465. The number of amides is 1. The van der Waals surface area contributed by atoms with Gasteiger partial charge in [-0.1, -0.05) is 0 Å². The first-order valence-corrected chi connectivity index (χ1v) is 11.9. The molecule has 1 unspecified atom stereocenters. The molecule has 1 fully saturated rings. The lowest BCUT2D eigenvalue weighted by Gasteiger charge is -2.19. The number of hydrogen-bond acceptors (Lipinski definition) is 7. The number of carbonyl (C=O) groups is 1. The number of nitrogens with zero attached hydrogens (tertiary/aromatic N) is 3. The fourth-order valence-electron chi connectivity index (χ4n) is 3.58. The van der Waals surface area contributed by atoms with Crippen LogP contribution in [0.15, 0.2) is 47.4 Å². The molecule has 32 heavy (non-hydrogen) atoms. The minimum absolute atomic E-state index is 0.0644. The van der Waals surface area contributed by atoms with Crippen LogP contribution in [0.5, 0.6) is 5.75 Å². The Labute approximate surface area is 187 Å². The third kappa shape index (κ3) is 5.03. The molecule has 1 aliphatic carbocycles. The molecule has 3 aromatic rings. The Balaban J connectivity index is 1.48. The SMILES string of the molecule is CC(CN(C)C)Nc1ccc(S(=O)(=O)Oc2ccc3nc(N(C=O)C4CC4)[nH]c3c2)cc1. The Bertz CT molecular complexity index is 1200. The molecule has 4 rings (SSSR count). The Kier molecular flexibility index (Phi) is 6.07. The first-order chi connectivity index (χ1) is 15.2. The number of rotatable bonds is 10. The van der Waals surface area contributed by atoms with Gasteiger partial charge in [0.2, 0.25) is 12.4 Å². The second-order valence-corrected chi connectivity index (χ2v) is 9.90. The Morgan fingerprint density at radius 2 is 1.94 bits per heavy atom. The van der Waals surface area contributed by atoms with Crippen molar-refractivity contribution in [2.45, 2.75) is 36.7 Å². The van der Waals surface area contributed by atoms with E-state index in [2.05, 4.69) is 27.1 Å². The third-order valence-corrected chi connectivity index (χ3v) is 6.40. The van der Waals surface area contributed by atoms with Crippen molar-refractivity contribution in [1.82, 2.24) is 14.9 Å². The summed E-state index contributed by atoms with van der Waals surface area (Å²) in [5.74, 6) is 0.614. The van der Waals surface area contributed by atoms with Gasteiger partial charge in [-0.05, 0) is 70.3 Å². The predicted octanol–water partition coefficient (Wildman–Crippen LogP) is 2.82. The number of benzene rings is 2. The van der Waals surface area contributed by atoms with E-state index in [1.54, 1.807) is 35.2 Å². The van der Waals surface area contributed by atoms with Gasteiger partial charge in [0.1, 0.15) is 10.6 Å². The molecule has 170 valence electrons. The van der Waals surface area contributed by atoms with Gasteiger partial charge >= 0.3 is 10.1 Å². The fourth-order valence-corrected chi connectivity index (χ4v) is 4.50. The van der Waals surface area contributed by atoms with E-state index in [4.69, 9.17) is 4.18 Å². The molecule has 10 heteroatoms. The zero-order valence-electron chi connectivity index (χ0n) is 18.3. The topological polar surface area (TPSA) is 108 Å². The minimum atomic E-state index is -4.00. The lowest BCUT2D eigenvalue weighted by molar-refractivity contribution is -0.107. The van der Waals surface area contributed by atoms with Crippen LogP contribution in [-0.4, -0.2) is 62.4 Å². The van der Waals surface area contributed by atoms with E-state index in [1.165, 1.54) is 12.1 Å². The smallest absolute Gasteiger partial charge is 0.339 e. The van der Waals surface area contributed by atoms with Crippen LogP contribution in [0.2, 0.25) is 0 Å². The summed E-state index contributed by atoms with van der Waals surface area (Å²) in [5.41, 5.74) is 2.05. The quantitative estimate of drug-likeness (QED) is 0.356. The minimum Gasteiger partial charge on any atom is -0.381 e. The van der Waals surface area contributed by atoms with Crippen molar-refractivity contribution < 1.29 is 17.4 Å². The van der Waals surface area contributed by atoms with Gasteiger partial charge in [-0.15, -0.1) is 0 Å². The highest BCUT2D eigenvalue weighted by Gasteiger charge is 2.31. The maximum Gasteiger partial charge on any atom is 0.339 e. The lowest BCUT2D eigenvalue weighted by atomic mass is 10.2. The summed E-state index contributed by atoms with van der Waals surface area (Å²) in [5, 5.41) is 3.33. The molecule has 1 aromatic heterocycles. The molecule has 2 N–H and O–H groups in total. The predicted molar refractivity (Wildman–Crippen MR) is 124 cm³/mol. The summed E-state index contributed by atoms with van der Waals surface area (Å²) < 4.78 is 30.8. The number of imidazole rings is 1. The zero-order valence-corrected chi connectivity index (χ0v) is 19.1. The van der Waals surface area contributed by atoms with Crippen molar-refractivity contribution in [2.75, 3.05) is 30.9 Å². The van der Waals surface area contributed by atoms with Crippen LogP contribution in [0.3, 0.4) is 0 Å². The maximum absolute atomic E-state index is 12.7. The highest BCUT2D eigenvalue weighted by molar-refractivity contribution is 7.87. The Hall–Kier alpha value is -3.11. The van der Waals surface area contributed by atoms with Crippen molar-refractivity contribution in [2.24, 2.45) is 0 Å². The molecule has 9 nitrogen and oxygen atoms in total. The highest BCUT2D eigenvalue weighted by Crippen LogP contribution is 2.31. The lowest BCUT2D eigenvalue weighted by Crippen LogP contribution is -2.29. The highest BCUT2D eigenvalue weighted by atomic mass is 32.2. The van der Waals surface area contributed by atoms with Gasteiger partial charge in [0, 0.05) is 30.4 Å². The number of aromatic nitrogens is 2. The van der Waals surface area contributed by atoms with Crippen LogP contribution in [0.25, 0.3) is 11.0 Å². The monoisotopic (exact) mass is 457 g/mol. The molecule has 2 aromatic carbocycles. The molecule has 1 atom stereocenters. The summed E-state index contributed by atoms with van der Waals surface area (Å²) >= 11 is 0. The number of anilines is 2. The summed E-state index contributed by atoms with van der Waals surface area (Å²) in [4.78, 5) is 22.5. The molecule has 1 amide bonds. The van der Waals surface area contributed by atoms with Gasteiger partial charge in [-0.2, -0.15) is 8.42 Å². The van der Waals surface area contributed by atoms with Gasteiger partial charge in [-0.25, -0.2) is 4.98 Å². The largest absolute Gasteiger partial charge is 0.381 e. The standard InChI is InChI=1S/C22H27N5O4S/c1-15(13-26(2)3)23-16-4-9-19(10-5-16)32(29,30)31-18-8-11-20-21(12-18)25-22(24-20)27(14-28)17-6-7-17/h4-5,8-12,14-15,17,23H,6-7,13H2,1-3H3,(H,24,25). The van der Waals surface area contributed by atoms with Crippen LogP contribution in [0, 0.1) is 0 Å².